The molecule has 0 spiro atoms. The smallest absolute Gasteiger partial charge is 0.137 e. The molecule has 0 atom stereocenters. The van der Waals surface area contributed by atoms with Crippen LogP contribution in [0.1, 0.15) is 18.4 Å². The van der Waals surface area contributed by atoms with Crippen LogP contribution >= 0.6 is 15.9 Å². The lowest BCUT2D eigenvalue weighted by molar-refractivity contribution is 0.139. The Morgan fingerprint density at radius 1 is 1.39 bits per heavy atom. The number of halogens is 2. The molecule has 0 unspecified atom stereocenters. The molecule has 100 valence electrons. The summed E-state index contributed by atoms with van der Waals surface area (Å²) < 4.78 is 13.7. The second-order valence-corrected chi connectivity index (χ2v) is 6.05. The zero-order valence-corrected chi connectivity index (χ0v) is 12.6. The highest BCUT2D eigenvalue weighted by Crippen LogP contribution is 2.20. The second-order valence-electron chi connectivity index (χ2n) is 5.20. The van der Waals surface area contributed by atoms with E-state index in [9.17, 15) is 4.39 Å². The predicted molar refractivity (Wildman–Crippen MR) is 76.1 cm³/mol. The van der Waals surface area contributed by atoms with Crippen molar-refractivity contribution in [1.29, 1.82) is 0 Å². The Morgan fingerprint density at radius 2 is 2.06 bits per heavy atom. The van der Waals surface area contributed by atoms with Crippen molar-refractivity contribution >= 4 is 15.9 Å². The van der Waals surface area contributed by atoms with E-state index in [2.05, 4.69) is 39.8 Å². The highest BCUT2D eigenvalue weighted by atomic mass is 79.9. The SMILES string of the molecule is CN1CCC(N(C)Cc2ccc(F)c(Br)c2)CC1. The van der Waals surface area contributed by atoms with Crippen LogP contribution in [0.3, 0.4) is 0 Å². The summed E-state index contributed by atoms with van der Waals surface area (Å²) in [7, 11) is 4.33. The van der Waals surface area contributed by atoms with Gasteiger partial charge in [0, 0.05) is 12.6 Å². The summed E-state index contributed by atoms with van der Waals surface area (Å²) in [6, 6.07) is 5.92. The zero-order valence-electron chi connectivity index (χ0n) is 11.0. The van der Waals surface area contributed by atoms with E-state index in [1.165, 1.54) is 32.0 Å². The highest BCUT2D eigenvalue weighted by Gasteiger charge is 2.20. The van der Waals surface area contributed by atoms with Crippen molar-refractivity contribution in [2.45, 2.75) is 25.4 Å². The van der Waals surface area contributed by atoms with Crippen LogP contribution in [0.2, 0.25) is 0 Å². The first-order valence-corrected chi connectivity index (χ1v) is 7.18. The minimum atomic E-state index is -0.194. The average molecular weight is 315 g/mol. The molecular weight excluding hydrogens is 295 g/mol. The quantitative estimate of drug-likeness (QED) is 0.846. The van der Waals surface area contributed by atoms with E-state index in [0.717, 1.165) is 12.1 Å². The van der Waals surface area contributed by atoms with Gasteiger partial charge in [-0.15, -0.1) is 0 Å². The van der Waals surface area contributed by atoms with E-state index in [0.29, 0.717) is 10.5 Å². The fourth-order valence-corrected chi connectivity index (χ4v) is 2.92. The summed E-state index contributed by atoms with van der Waals surface area (Å²) in [6.45, 7) is 3.22. The number of likely N-dealkylation sites (tertiary alicyclic amines) is 1. The van der Waals surface area contributed by atoms with E-state index < -0.39 is 0 Å². The molecular formula is C14H20BrFN2. The van der Waals surface area contributed by atoms with Gasteiger partial charge in [-0.3, -0.25) is 4.90 Å². The van der Waals surface area contributed by atoms with Crippen molar-refractivity contribution in [2.75, 3.05) is 27.2 Å². The van der Waals surface area contributed by atoms with Crippen molar-refractivity contribution in [3.8, 4) is 0 Å². The van der Waals surface area contributed by atoms with E-state index in [1.54, 1.807) is 0 Å². The monoisotopic (exact) mass is 314 g/mol. The third kappa shape index (κ3) is 3.53. The molecule has 1 aromatic carbocycles. The van der Waals surface area contributed by atoms with Crippen molar-refractivity contribution in [1.82, 2.24) is 9.80 Å². The fourth-order valence-electron chi connectivity index (χ4n) is 2.49. The molecule has 0 bridgehead atoms. The van der Waals surface area contributed by atoms with Gasteiger partial charge in [0.25, 0.3) is 0 Å². The van der Waals surface area contributed by atoms with E-state index in [-0.39, 0.29) is 5.82 Å². The second kappa shape index (κ2) is 6.13. The molecule has 1 aromatic rings. The first-order valence-electron chi connectivity index (χ1n) is 6.39. The zero-order chi connectivity index (χ0) is 13.1. The molecule has 1 saturated heterocycles. The lowest BCUT2D eigenvalue weighted by Crippen LogP contribution is -2.41. The highest BCUT2D eigenvalue weighted by molar-refractivity contribution is 9.10. The Bertz CT molecular complexity index is 403. The molecule has 1 heterocycles. The van der Waals surface area contributed by atoms with Crippen molar-refractivity contribution in [3.63, 3.8) is 0 Å². The standard InChI is InChI=1S/C14H20BrFN2/c1-17-7-5-12(6-8-17)18(2)10-11-3-4-14(16)13(15)9-11/h3-4,9,12H,5-8,10H2,1-2H3. The van der Waals surface area contributed by atoms with Gasteiger partial charge in [0.1, 0.15) is 5.82 Å². The van der Waals surface area contributed by atoms with Crippen LogP contribution in [0.15, 0.2) is 22.7 Å². The lowest BCUT2D eigenvalue weighted by atomic mass is 10.0. The topological polar surface area (TPSA) is 6.48 Å². The van der Waals surface area contributed by atoms with Gasteiger partial charge < -0.3 is 4.90 Å². The number of piperidine rings is 1. The molecule has 1 aliphatic heterocycles. The minimum absolute atomic E-state index is 0.194. The maximum Gasteiger partial charge on any atom is 0.137 e. The van der Waals surface area contributed by atoms with Crippen molar-refractivity contribution in [3.05, 3.63) is 34.1 Å². The number of hydrogen-bond donors (Lipinski definition) is 0. The Morgan fingerprint density at radius 3 is 2.67 bits per heavy atom. The molecule has 0 radical (unpaired) electrons. The van der Waals surface area contributed by atoms with Crippen LogP contribution < -0.4 is 0 Å². The molecule has 4 heteroatoms. The Kier molecular flexibility index (Phi) is 4.76. The number of hydrogen-bond acceptors (Lipinski definition) is 2. The van der Waals surface area contributed by atoms with Crippen molar-refractivity contribution < 1.29 is 4.39 Å². The predicted octanol–water partition coefficient (Wildman–Crippen LogP) is 3.11. The summed E-state index contributed by atoms with van der Waals surface area (Å²) in [5.74, 6) is -0.194. The van der Waals surface area contributed by atoms with Gasteiger partial charge in [-0.05, 0) is 73.7 Å². The van der Waals surface area contributed by atoms with E-state index in [4.69, 9.17) is 0 Å². The summed E-state index contributed by atoms with van der Waals surface area (Å²) in [5.41, 5.74) is 1.16. The molecule has 1 fully saturated rings. The molecule has 0 aliphatic carbocycles. The molecule has 18 heavy (non-hydrogen) atoms. The van der Waals surface area contributed by atoms with Gasteiger partial charge in [0.2, 0.25) is 0 Å². The van der Waals surface area contributed by atoms with Gasteiger partial charge in [-0.2, -0.15) is 0 Å². The lowest BCUT2D eigenvalue weighted by Gasteiger charge is -2.35. The Labute approximate surface area is 117 Å². The average Bonchev–Trinajstić information content (AvgIpc) is 2.34. The molecule has 1 aliphatic rings. The third-order valence-corrected chi connectivity index (χ3v) is 4.34. The van der Waals surface area contributed by atoms with Gasteiger partial charge in [0.15, 0.2) is 0 Å². The normalized spacial score (nSPS) is 18.5. The molecule has 0 amide bonds. The maximum atomic E-state index is 13.2. The van der Waals surface area contributed by atoms with E-state index >= 15 is 0 Å². The Hall–Kier alpha value is -0.450. The molecule has 0 N–H and O–H groups in total. The number of benzene rings is 1. The summed E-state index contributed by atoms with van der Waals surface area (Å²) >= 11 is 3.24. The number of nitrogens with zero attached hydrogens (tertiary/aromatic N) is 2. The first-order chi connectivity index (χ1) is 8.56. The van der Waals surface area contributed by atoms with Gasteiger partial charge in [0.05, 0.1) is 4.47 Å². The largest absolute Gasteiger partial charge is 0.306 e. The summed E-state index contributed by atoms with van der Waals surface area (Å²) in [4.78, 5) is 4.76. The summed E-state index contributed by atoms with van der Waals surface area (Å²) in [5, 5.41) is 0. The van der Waals surface area contributed by atoms with Crippen LogP contribution in [0, 0.1) is 5.82 Å². The molecule has 2 nitrogen and oxygen atoms in total. The molecule has 2 rings (SSSR count). The molecule has 0 aromatic heterocycles. The number of rotatable bonds is 3. The van der Waals surface area contributed by atoms with Crippen LogP contribution in [0.25, 0.3) is 0 Å². The van der Waals surface area contributed by atoms with Crippen LogP contribution in [0.4, 0.5) is 4.39 Å². The van der Waals surface area contributed by atoms with Crippen LogP contribution in [-0.4, -0.2) is 43.0 Å². The van der Waals surface area contributed by atoms with E-state index in [1.807, 2.05) is 12.1 Å². The van der Waals surface area contributed by atoms with Gasteiger partial charge in [-0.1, -0.05) is 6.07 Å². The third-order valence-electron chi connectivity index (χ3n) is 3.73. The summed E-state index contributed by atoms with van der Waals surface area (Å²) in [6.07, 6.45) is 2.44. The first kappa shape index (κ1) is 14.0. The van der Waals surface area contributed by atoms with Crippen LogP contribution in [-0.2, 0) is 6.54 Å². The van der Waals surface area contributed by atoms with Gasteiger partial charge in [-0.25, -0.2) is 4.39 Å². The minimum Gasteiger partial charge on any atom is -0.306 e. The Balaban J connectivity index is 1.94. The van der Waals surface area contributed by atoms with Gasteiger partial charge >= 0.3 is 0 Å². The van der Waals surface area contributed by atoms with Crippen molar-refractivity contribution in [2.24, 2.45) is 0 Å². The van der Waals surface area contributed by atoms with Crippen LogP contribution in [0.5, 0.6) is 0 Å². The molecule has 0 saturated carbocycles. The maximum absolute atomic E-state index is 13.2. The fraction of sp³-hybridized carbons (Fsp3) is 0.571.